The minimum Gasteiger partial charge on any atom is -0.380 e. The van der Waals surface area contributed by atoms with E-state index in [4.69, 9.17) is 21.3 Å². The van der Waals surface area contributed by atoms with Crippen LogP contribution in [0.25, 0.3) is 11.4 Å². The van der Waals surface area contributed by atoms with Gasteiger partial charge >= 0.3 is 0 Å². The summed E-state index contributed by atoms with van der Waals surface area (Å²) in [5.41, 5.74) is 3.06. The van der Waals surface area contributed by atoms with Crippen LogP contribution in [-0.2, 0) is 11.3 Å². The molecule has 1 heterocycles. The van der Waals surface area contributed by atoms with Crippen LogP contribution in [-0.4, -0.2) is 17.1 Å². The third-order valence-corrected chi connectivity index (χ3v) is 4.64. The van der Waals surface area contributed by atoms with Gasteiger partial charge in [-0.3, -0.25) is 0 Å². The molecule has 0 saturated heterocycles. The molecule has 0 unspecified atom stereocenters. The molecule has 104 valence electrons. The second-order valence-electron chi connectivity index (χ2n) is 4.90. The number of nitrogens with zero attached hydrogens (tertiary/aromatic N) is 2. The molecule has 0 radical (unpaired) electrons. The molecule has 1 aliphatic rings. The Balaban J connectivity index is 2.10. The van der Waals surface area contributed by atoms with Crippen LogP contribution in [0, 0.1) is 0 Å². The lowest BCUT2D eigenvalue weighted by atomic mass is 10.1. The van der Waals surface area contributed by atoms with Crippen molar-refractivity contribution in [3.8, 4) is 11.4 Å². The van der Waals surface area contributed by atoms with Crippen molar-refractivity contribution in [2.75, 3.05) is 7.11 Å². The minimum atomic E-state index is 0.476. The van der Waals surface area contributed by atoms with Crippen LogP contribution in [0.4, 0.5) is 0 Å². The number of hydrogen-bond acceptors (Lipinski definition) is 3. The Labute approximate surface area is 131 Å². The lowest BCUT2D eigenvalue weighted by molar-refractivity contribution is 0.185. The van der Waals surface area contributed by atoms with Crippen LogP contribution in [0.2, 0.25) is 5.15 Å². The summed E-state index contributed by atoms with van der Waals surface area (Å²) in [6.07, 6.45) is 2.34. The molecule has 20 heavy (non-hydrogen) atoms. The molecule has 0 aliphatic heterocycles. The van der Waals surface area contributed by atoms with Gasteiger partial charge in [-0.2, -0.15) is 0 Å². The molecule has 0 N–H and O–H groups in total. The maximum atomic E-state index is 6.24. The molecule has 0 spiro atoms. The number of rotatable bonds is 4. The predicted octanol–water partition coefficient (Wildman–Crippen LogP) is 4.58. The fourth-order valence-corrected chi connectivity index (χ4v) is 2.88. The van der Waals surface area contributed by atoms with Crippen LogP contribution in [0.3, 0.4) is 0 Å². The van der Waals surface area contributed by atoms with Crippen LogP contribution < -0.4 is 0 Å². The summed E-state index contributed by atoms with van der Waals surface area (Å²) in [6.45, 7) is 0.534. The smallest absolute Gasteiger partial charge is 0.161 e. The Bertz CT molecular complexity index is 644. The van der Waals surface area contributed by atoms with Gasteiger partial charge in [0.25, 0.3) is 0 Å². The van der Waals surface area contributed by atoms with Gasteiger partial charge in [0.1, 0.15) is 5.15 Å². The largest absolute Gasteiger partial charge is 0.380 e. The van der Waals surface area contributed by atoms with Crippen molar-refractivity contribution in [3.05, 3.63) is 45.1 Å². The van der Waals surface area contributed by atoms with E-state index in [1.165, 1.54) is 12.8 Å². The molecule has 0 atom stereocenters. The molecular weight excluding hydrogens is 340 g/mol. The molecule has 2 aromatic rings. The lowest BCUT2D eigenvalue weighted by Crippen LogP contribution is -2.00. The standard InChI is InChI=1S/C15H14BrClN2O/c1-20-8-10-4-2-3-5-11(10)15-18-13(9-6-7-9)12(16)14(17)19-15/h2-5,9H,6-8H2,1H3. The predicted molar refractivity (Wildman–Crippen MR) is 82.9 cm³/mol. The van der Waals surface area contributed by atoms with Crippen molar-refractivity contribution in [3.63, 3.8) is 0 Å². The van der Waals surface area contributed by atoms with Crippen molar-refractivity contribution < 1.29 is 4.74 Å². The van der Waals surface area contributed by atoms with E-state index in [1.807, 2.05) is 24.3 Å². The molecule has 1 aromatic heterocycles. The Hall–Kier alpha value is -0.970. The Morgan fingerprint density at radius 3 is 2.75 bits per heavy atom. The number of methoxy groups -OCH3 is 1. The second kappa shape index (κ2) is 5.80. The highest BCUT2D eigenvalue weighted by Gasteiger charge is 2.29. The van der Waals surface area contributed by atoms with Crippen molar-refractivity contribution in [2.24, 2.45) is 0 Å². The summed E-state index contributed by atoms with van der Waals surface area (Å²) in [7, 11) is 1.68. The normalized spacial score (nSPS) is 14.6. The monoisotopic (exact) mass is 352 g/mol. The fourth-order valence-electron chi connectivity index (χ4n) is 2.20. The summed E-state index contributed by atoms with van der Waals surface area (Å²) in [5, 5.41) is 0.476. The SMILES string of the molecule is COCc1ccccc1-c1nc(Cl)c(Br)c(C2CC2)n1. The van der Waals surface area contributed by atoms with Gasteiger partial charge in [-0.25, -0.2) is 9.97 Å². The zero-order chi connectivity index (χ0) is 14.1. The van der Waals surface area contributed by atoms with E-state index in [1.54, 1.807) is 7.11 Å². The molecular formula is C15H14BrClN2O. The third kappa shape index (κ3) is 2.73. The fraction of sp³-hybridized carbons (Fsp3) is 0.333. The average Bonchev–Trinajstić information content (AvgIpc) is 3.27. The topological polar surface area (TPSA) is 35.0 Å². The molecule has 1 aromatic carbocycles. The summed E-state index contributed by atoms with van der Waals surface area (Å²) in [6, 6.07) is 7.99. The molecule has 5 heteroatoms. The van der Waals surface area contributed by atoms with Crippen LogP contribution in [0.15, 0.2) is 28.7 Å². The minimum absolute atomic E-state index is 0.476. The molecule has 1 aliphatic carbocycles. The van der Waals surface area contributed by atoms with E-state index in [0.717, 1.165) is 21.3 Å². The van der Waals surface area contributed by atoms with Gasteiger partial charge in [0, 0.05) is 18.6 Å². The Morgan fingerprint density at radius 1 is 1.30 bits per heavy atom. The lowest BCUT2D eigenvalue weighted by Gasteiger charge is -2.11. The van der Waals surface area contributed by atoms with E-state index < -0.39 is 0 Å². The summed E-state index contributed by atoms with van der Waals surface area (Å²) < 4.78 is 6.06. The molecule has 0 bridgehead atoms. The van der Waals surface area contributed by atoms with Gasteiger partial charge in [-0.15, -0.1) is 0 Å². The van der Waals surface area contributed by atoms with Crippen LogP contribution >= 0.6 is 27.5 Å². The first kappa shape index (κ1) is 14.0. The van der Waals surface area contributed by atoms with Gasteiger partial charge in [0.15, 0.2) is 5.82 Å². The van der Waals surface area contributed by atoms with E-state index in [-0.39, 0.29) is 0 Å². The maximum absolute atomic E-state index is 6.24. The van der Waals surface area contributed by atoms with E-state index in [9.17, 15) is 0 Å². The summed E-state index contributed by atoms with van der Waals surface area (Å²) >= 11 is 9.74. The van der Waals surface area contributed by atoms with Gasteiger partial charge in [-0.1, -0.05) is 35.9 Å². The second-order valence-corrected chi connectivity index (χ2v) is 6.05. The number of hydrogen-bond donors (Lipinski definition) is 0. The number of halogens is 2. The molecule has 1 fully saturated rings. The molecule has 0 amide bonds. The third-order valence-electron chi connectivity index (χ3n) is 3.36. The number of ether oxygens (including phenoxy) is 1. The van der Waals surface area contributed by atoms with Crippen molar-refractivity contribution in [2.45, 2.75) is 25.4 Å². The van der Waals surface area contributed by atoms with Crippen molar-refractivity contribution in [1.82, 2.24) is 9.97 Å². The zero-order valence-electron chi connectivity index (χ0n) is 11.1. The maximum Gasteiger partial charge on any atom is 0.161 e. The van der Waals surface area contributed by atoms with E-state index >= 15 is 0 Å². The summed E-state index contributed by atoms with van der Waals surface area (Å²) in [4.78, 5) is 9.12. The zero-order valence-corrected chi connectivity index (χ0v) is 13.4. The average molecular weight is 354 g/mol. The highest BCUT2D eigenvalue weighted by Crippen LogP contribution is 2.44. The van der Waals surface area contributed by atoms with Gasteiger partial charge in [0.05, 0.1) is 16.8 Å². The highest BCUT2D eigenvalue weighted by atomic mass is 79.9. The van der Waals surface area contributed by atoms with Gasteiger partial charge < -0.3 is 4.74 Å². The first-order chi connectivity index (χ1) is 9.70. The molecule has 1 saturated carbocycles. The number of benzene rings is 1. The van der Waals surface area contributed by atoms with E-state index in [0.29, 0.717) is 23.5 Å². The van der Waals surface area contributed by atoms with Crippen molar-refractivity contribution in [1.29, 1.82) is 0 Å². The Kier molecular flexibility index (Phi) is 4.06. The quantitative estimate of drug-likeness (QED) is 0.754. The first-order valence-corrected chi connectivity index (χ1v) is 7.68. The van der Waals surface area contributed by atoms with Gasteiger partial charge in [-0.05, 0) is 34.3 Å². The number of aromatic nitrogens is 2. The van der Waals surface area contributed by atoms with Crippen LogP contribution in [0.5, 0.6) is 0 Å². The van der Waals surface area contributed by atoms with Crippen LogP contribution in [0.1, 0.15) is 30.0 Å². The first-order valence-electron chi connectivity index (χ1n) is 6.51. The Morgan fingerprint density at radius 2 is 2.05 bits per heavy atom. The highest BCUT2D eigenvalue weighted by molar-refractivity contribution is 9.10. The van der Waals surface area contributed by atoms with E-state index in [2.05, 4.69) is 20.9 Å². The molecule has 3 rings (SSSR count). The molecule has 3 nitrogen and oxygen atoms in total. The summed E-state index contributed by atoms with van der Waals surface area (Å²) in [5.74, 6) is 1.19. The van der Waals surface area contributed by atoms with Crippen molar-refractivity contribution >= 4 is 27.5 Å². The van der Waals surface area contributed by atoms with Gasteiger partial charge in [0.2, 0.25) is 0 Å².